The molecular formula is C27H27Cl3N2O3. The molecule has 8 heteroatoms. The number of hydrogen-bond donors (Lipinski definition) is 1. The molecule has 184 valence electrons. The fraction of sp³-hybridized carbons (Fsp3) is 0.259. The van der Waals surface area contributed by atoms with Gasteiger partial charge in [0.2, 0.25) is 11.8 Å². The number of ether oxygens (including phenoxy) is 1. The Labute approximate surface area is 220 Å². The van der Waals surface area contributed by atoms with Crippen LogP contribution in [0, 0.1) is 0 Å². The third-order valence-electron chi connectivity index (χ3n) is 5.49. The summed E-state index contributed by atoms with van der Waals surface area (Å²) in [5.41, 5.74) is 1.66. The van der Waals surface area contributed by atoms with Crippen molar-refractivity contribution < 1.29 is 14.3 Å². The van der Waals surface area contributed by atoms with Gasteiger partial charge in [-0.15, -0.1) is 0 Å². The first-order valence-corrected chi connectivity index (χ1v) is 12.4. The first-order valence-electron chi connectivity index (χ1n) is 11.2. The molecule has 0 heterocycles. The molecule has 0 aliphatic carbocycles. The summed E-state index contributed by atoms with van der Waals surface area (Å²) in [6.45, 7) is 0.532. The fourth-order valence-electron chi connectivity index (χ4n) is 3.64. The zero-order valence-electron chi connectivity index (χ0n) is 19.3. The Hall–Kier alpha value is -2.73. The predicted octanol–water partition coefficient (Wildman–Crippen LogP) is 6.19. The van der Waals surface area contributed by atoms with Crippen molar-refractivity contribution in [2.24, 2.45) is 0 Å². The molecule has 0 aliphatic heterocycles. The highest BCUT2D eigenvalue weighted by Gasteiger charge is 2.30. The number of nitrogens with one attached hydrogen (secondary N) is 1. The lowest BCUT2D eigenvalue weighted by molar-refractivity contribution is -0.141. The topological polar surface area (TPSA) is 58.6 Å². The van der Waals surface area contributed by atoms with E-state index in [-0.39, 0.29) is 24.8 Å². The lowest BCUT2D eigenvalue weighted by Gasteiger charge is -2.31. The minimum atomic E-state index is -0.709. The van der Waals surface area contributed by atoms with Gasteiger partial charge in [-0.3, -0.25) is 9.59 Å². The first-order chi connectivity index (χ1) is 16.9. The van der Waals surface area contributed by atoms with Crippen LogP contribution in [0.4, 0.5) is 0 Å². The standard InChI is InChI=1S/C27H27Cl3N2O3/c1-31-27(34)25(16-19-6-3-2-4-7-19)32(18-20-9-10-22(29)17-24(20)30)26(33)8-5-15-35-23-13-11-21(28)12-14-23/h2-4,6-7,9-14,17,25H,5,8,15-16,18H2,1H3,(H,31,34)/t25-/m0/s1. The number of carbonyl (C=O) groups is 2. The quantitative estimate of drug-likeness (QED) is 0.299. The average Bonchev–Trinajstić information content (AvgIpc) is 2.86. The van der Waals surface area contributed by atoms with Crippen molar-refractivity contribution in [3.63, 3.8) is 0 Å². The second-order valence-corrected chi connectivity index (χ2v) is 9.26. The van der Waals surface area contributed by atoms with Crippen molar-refractivity contribution in [2.75, 3.05) is 13.7 Å². The van der Waals surface area contributed by atoms with Crippen LogP contribution in [0.15, 0.2) is 72.8 Å². The van der Waals surface area contributed by atoms with Gasteiger partial charge in [0.15, 0.2) is 0 Å². The molecule has 0 bridgehead atoms. The van der Waals surface area contributed by atoms with Crippen molar-refractivity contribution in [3.05, 3.63) is 99.0 Å². The van der Waals surface area contributed by atoms with Crippen LogP contribution in [-0.2, 0) is 22.6 Å². The normalized spacial score (nSPS) is 11.5. The van der Waals surface area contributed by atoms with E-state index in [4.69, 9.17) is 39.5 Å². The fourth-order valence-corrected chi connectivity index (χ4v) is 4.24. The molecule has 3 rings (SSSR count). The molecule has 35 heavy (non-hydrogen) atoms. The van der Waals surface area contributed by atoms with Gasteiger partial charge in [0, 0.05) is 41.5 Å². The van der Waals surface area contributed by atoms with Crippen LogP contribution in [0.1, 0.15) is 24.0 Å². The van der Waals surface area contributed by atoms with Crippen molar-refractivity contribution in [1.29, 1.82) is 0 Å². The van der Waals surface area contributed by atoms with E-state index in [1.165, 1.54) is 0 Å². The van der Waals surface area contributed by atoms with E-state index in [1.54, 1.807) is 54.4 Å². The highest BCUT2D eigenvalue weighted by molar-refractivity contribution is 6.35. The van der Waals surface area contributed by atoms with Gasteiger partial charge in [0.05, 0.1) is 6.61 Å². The summed E-state index contributed by atoms with van der Waals surface area (Å²) >= 11 is 18.4. The monoisotopic (exact) mass is 532 g/mol. The molecule has 0 aromatic heterocycles. The Morgan fingerprint density at radius 1 is 0.943 bits per heavy atom. The maximum Gasteiger partial charge on any atom is 0.242 e. The number of hydrogen-bond acceptors (Lipinski definition) is 3. The average molecular weight is 534 g/mol. The molecule has 1 N–H and O–H groups in total. The van der Waals surface area contributed by atoms with Gasteiger partial charge in [-0.2, -0.15) is 0 Å². The predicted molar refractivity (Wildman–Crippen MR) is 141 cm³/mol. The van der Waals surface area contributed by atoms with Gasteiger partial charge in [0.1, 0.15) is 11.8 Å². The Bertz CT molecular complexity index is 1120. The first kappa shape index (κ1) is 26.9. The van der Waals surface area contributed by atoms with Crippen LogP contribution in [-0.4, -0.2) is 36.4 Å². The van der Waals surface area contributed by atoms with Gasteiger partial charge < -0.3 is 15.0 Å². The third kappa shape index (κ3) is 8.17. The van der Waals surface area contributed by atoms with Gasteiger partial charge in [0.25, 0.3) is 0 Å². The summed E-state index contributed by atoms with van der Waals surface area (Å²) in [5, 5.41) is 4.27. The molecule has 1 atom stereocenters. The molecule has 0 radical (unpaired) electrons. The number of benzene rings is 3. The molecule has 5 nitrogen and oxygen atoms in total. The lowest BCUT2D eigenvalue weighted by atomic mass is 10.0. The smallest absolute Gasteiger partial charge is 0.242 e. The molecule has 3 aromatic carbocycles. The van der Waals surface area contributed by atoms with Gasteiger partial charge in [-0.05, 0) is 53.9 Å². The SMILES string of the molecule is CNC(=O)[C@H](Cc1ccccc1)N(Cc1ccc(Cl)cc1Cl)C(=O)CCCOc1ccc(Cl)cc1. The van der Waals surface area contributed by atoms with Crippen LogP contribution < -0.4 is 10.1 Å². The third-order valence-corrected chi connectivity index (χ3v) is 6.33. The van der Waals surface area contributed by atoms with Crippen LogP contribution in [0.3, 0.4) is 0 Å². The molecule has 2 amide bonds. The summed E-state index contributed by atoms with van der Waals surface area (Å²) in [5.74, 6) is 0.268. The van der Waals surface area contributed by atoms with Crippen molar-refractivity contribution in [3.8, 4) is 5.75 Å². The van der Waals surface area contributed by atoms with Crippen LogP contribution in [0.25, 0.3) is 0 Å². The molecular weight excluding hydrogens is 507 g/mol. The Morgan fingerprint density at radius 3 is 2.29 bits per heavy atom. The zero-order chi connectivity index (χ0) is 25.2. The van der Waals surface area contributed by atoms with E-state index in [9.17, 15) is 9.59 Å². The molecule has 0 aliphatic rings. The summed E-state index contributed by atoms with van der Waals surface area (Å²) < 4.78 is 5.72. The summed E-state index contributed by atoms with van der Waals surface area (Å²) in [7, 11) is 1.57. The van der Waals surface area contributed by atoms with E-state index < -0.39 is 6.04 Å². The van der Waals surface area contributed by atoms with Crippen LogP contribution >= 0.6 is 34.8 Å². The second kappa shape index (κ2) is 13.4. The minimum absolute atomic E-state index is 0.166. The van der Waals surface area contributed by atoms with Gasteiger partial charge >= 0.3 is 0 Å². The number of carbonyl (C=O) groups excluding carboxylic acids is 2. The summed E-state index contributed by atoms with van der Waals surface area (Å²) in [6.07, 6.45) is 1.07. The molecule has 3 aromatic rings. The van der Waals surface area contributed by atoms with Crippen molar-refractivity contribution in [1.82, 2.24) is 10.2 Å². The number of halogens is 3. The molecule has 0 unspecified atom stereocenters. The van der Waals surface area contributed by atoms with E-state index in [0.29, 0.717) is 45.8 Å². The molecule has 0 fully saturated rings. The molecule has 0 spiro atoms. The van der Waals surface area contributed by atoms with E-state index in [1.807, 2.05) is 30.3 Å². The molecule has 0 saturated heterocycles. The van der Waals surface area contributed by atoms with Crippen molar-refractivity contribution in [2.45, 2.75) is 31.8 Å². The van der Waals surface area contributed by atoms with E-state index in [2.05, 4.69) is 5.32 Å². The Morgan fingerprint density at radius 2 is 1.63 bits per heavy atom. The number of nitrogens with zero attached hydrogens (tertiary/aromatic N) is 1. The van der Waals surface area contributed by atoms with Crippen LogP contribution in [0.5, 0.6) is 5.75 Å². The van der Waals surface area contributed by atoms with Gasteiger partial charge in [-0.1, -0.05) is 71.2 Å². The largest absolute Gasteiger partial charge is 0.494 e. The lowest BCUT2D eigenvalue weighted by Crippen LogP contribution is -2.49. The Kier molecular flexibility index (Phi) is 10.3. The van der Waals surface area contributed by atoms with E-state index >= 15 is 0 Å². The highest BCUT2D eigenvalue weighted by atomic mass is 35.5. The maximum atomic E-state index is 13.4. The highest BCUT2D eigenvalue weighted by Crippen LogP contribution is 2.24. The number of rotatable bonds is 11. The zero-order valence-corrected chi connectivity index (χ0v) is 21.6. The van der Waals surface area contributed by atoms with Crippen molar-refractivity contribution >= 4 is 46.6 Å². The molecule has 0 saturated carbocycles. The van der Waals surface area contributed by atoms with E-state index in [0.717, 1.165) is 5.56 Å². The van der Waals surface area contributed by atoms with Gasteiger partial charge in [-0.25, -0.2) is 0 Å². The maximum absolute atomic E-state index is 13.4. The summed E-state index contributed by atoms with van der Waals surface area (Å²) in [4.78, 5) is 28.0. The Balaban J connectivity index is 1.77. The minimum Gasteiger partial charge on any atom is -0.494 e. The number of likely N-dealkylation sites (N-methyl/N-ethyl adjacent to an activating group) is 1. The van der Waals surface area contributed by atoms with Crippen LogP contribution in [0.2, 0.25) is 15.1 Å². The second-order valence-electron chi connectivity index (χ2n) is 7.98. The summed E-state index contributed by atoms with van der Waals surface area (Å²) in [6, 6.07) is 21.1. The number of amides is 2.